The summed E-state index contributed by atoms with van der Waals surface area (Å²) in [6.45, 7) is 2.02. The van der Waals surface area contributed by atoms with Gasteiger partial charge in [-0.15, -0.1) is 0 Å². The first-order valence-corrected chi connectivity index (χ1v) is 8.02. The maximum absolute atomic E-state index is 12.6. The lowest BCUT2D eigenvalue weighted by Crippen LogP contribution is -2.41. The van der Waals surface area contributed by atoms with Gasteiger partial charge in [-0.2, -0.15) is 0 Å². The highest BCUT2D eigenvalue weighted by Crippen LogP contribution is 2.37. The number of aryl methyl sites for hydroxylation is 1. The second-order valence-electron chi connectivity index (χ2n) is 6.00. The van der Waals surface area contributed by atoms with Gasteiger partial charge in [0.15, 0.2) is 0 Å². The molecule has 0 unspecified atom stereocenters. The van der Waals surface area contributed by atoms with Crippen LogP contribution in [0.2, 0.25) is 0 Å². The number of aromatic nitrogens is 2. The Balaban J connectivity index is 1.78. The van der Waals surface area contributed by atoms with Crippen LogP contribution in [0, 0.1) is 5.92 Å². The molecule has 0 radical (unpaired) electrons. The van der Waals surface area contributed by atoms with Crippen molar-refractivity contribution in [3.8, 4) is 0 Å². The molecule has 0 aliphatic heterocycles. The lowest BCUT2D eigenvalue weighted by molar-refractivity contribution is 0.0228. The van der Waals surface area contributed by atoms with Crippen LogP contribution in [0.3, 0.4) is 0 Å². The number of rotatable bonds is 6. The monoisotopic (exact) mass is 315 g/mol. The van der Waals surface area contributed by atoms with Gasteiger partial charge in [-0.05, 0) is 37.3 Å². The molecule has 1 saturated carbocycles. The van der Waals surface area contributed by atoms with Crippen LogP contribution >= 0.6 is 0 Å². The molecule has 3 rings (SSSR count). The van der Waals surface area contributed by atoms with Gasteiger partial charge >= 0.3 is 0 Å². The third kappa shape index (κ3) is 3.42. The van der Waals surface area contributed by atoms with E-state index in [4.69, 9.17) is 4.52 Å². The van der Waals surface area contributed by atoms with Crippen molar-refractivity contribution in [1.82, 2.24) is 15.5 Å². The summed E-state index contributed by atoms with van der Waals surface area (Å²) < 4.78 is 5.16. The molecule has 2 aromatic rings. The van der Waals surface area contributed by atoms with Crippen LogP contribution in [-0.2, 0) is 6.42 Å². The molecule has 6 nitrogen and oxygen atoms in total. The van der Waals surface area contributed by atoms with Gasteiger partial charge in [0.25, 0.3) is 5.91 Å². The van der Waals surface area contributed by atoms with E-state index in [0.29, 0.717) is 30.6 Å². The number of hydrogen-bond acceptors (Lipinski definition) is 5. The Morgan fingerprint density at radius 1 is 1.48 bits per heavy atom. The second-order valence-corrected chi connectivity index (χ2v) is 6.00. The first kappa shape index (κ1) is 15.7. The van der Waals surface area contributed by atoms with Crippen LogP contribution in [0.5, 0.6) is 0 Å². The molecule has 1 atom stereocenters. The van der Waals surface area contributed by atoms with Crippen LogP contribution in [0.1, 0.15) is 54.0 Å². The van der Waals surface area contributed by atoms with E-state index < -0.39 is 0 Å². The highest BCUT2D eigenvalue weighted by molar-refractivity contribution is 5.95. The Labute approximate surface area is 134 Å². The van der Waals surface area contributed by atoms with Crippen molar-refractivity contribution in [2.24, 2.45) is 5.92 Å². The van der Waals surface area contributed by atoms with Gasteiger partial charge < -0.3 is 14.9 Å². The molecule has 1 amide bonds. The van der Waals surface area contributed by atoms with Crippen LogP contribution in [0.25, 0.3) is 0 Å². The SMILES string of the molecule is CCCc1oncc1C(=O)N[C@@H](c1ccccn1)C1CC(O)C1. The Hall–Kier alpha value is -2.21. The molecule has 2 N–H and O–H groups in total. The molecule has 0 aromatic carbocycles. The van der Waals surface area contributed by atoms with Crippen molar-refractivity contribution in [2.75, 3.05) is 0 Å². The van der Waals surface area contributed by atoms with Gasteiger partial charge in [0.05, 0.1) is 24.0 Å². The average Bonchev–Trinajstić information content (AvgIpc) is 2.99. The molecule has 2 heterocycles. The summed E-state index contributed by atoms with van der Waals surface area (Å²) in [7, 11) is 0. The van der Waals surface area contributed by atoms with E-state index >= 15 is 0 Å². The molecule has 0 saturated heterocycles. The van der Waals surface area contributed by atoms with E-state index in [1.165, 1.54) is 6.20 Å². The summed E-state index contributed by atoms with van der Waals surface area (Å²) in [5.41, 5.74) is 1.29. The number of nitrogens with zero attached hydrogens (tertiary/aromatic N) is 2. The lowest BCUT2D eigenvalue weighted by Gasteiger charge is -2.37. The van der Waals surface area contributed by atoms with Crippen molar-refractivity contribution in [3.05, 3.63) is 47.6 Å². The van der Waals surface area contributed by atoms with E-state index in [2.05, 4.69) is 15.5 Å². The molecule has 1 fully saturated rings. The number of nitrogens with one attached hydrogen (secondary N) is 1. The number of aliphatic hydroxyl groups is 1. The molecule has 122 valence electrons. The number of hydrogen-bond donors (Lipinski definition) is 2. The predicted molar refractivity (Wildman–Crippen MR) is 83.7 cm³/mol. The molecule has 2 aromatic heterocycles. The summed E-state index contributed by atoms with van der Waals surface area (Å²) in [4.78, 5) is 17.0. The zero-order valence-electron chi connectivity index (χ0n) is 13.1. The summed E-state index contributed by atoms with van der Waals surface area (Å²) in [6, 6.07) is 5.43. The molecule has 0 bridgehead atoms. The van der Waals surface area contributed by atoms with Crippen LogP contribution in [0.4, 0.5) is 0 Å². The van der Waals surface area contributed by atoms with Gasteiger partial charge in [-0.3, -0.25) is 9.78 Å². The molecule has 23 heavy (non-hydrogen) atoms. The van der Waals surface area contributed by atoms with Crippen LogP contribution < -0.4 is 5.32 Å². The lowest BCUT2D eigenvalue weighted by atomic mass is 9.76. The fraction of sp³-hybridized carbons (Fsp3) is 0.471. The minimum Gasteiger partial charge on any atom is -0.393 e. The number of carbonyl (C=O) groups excluding carboxylic acids is 1. The van der Waals surface area contributed by atoms with Crippen molar-refractivity contribution < 1.29 is 14.4 Å². The highest BCUT2D eigenvalue weighted by atomic mass is 16.5. The Morgan fingerprint density at radius 2 is 2.30 bits per heavy atom. The van der Waals surface area contributed by atoms with Crippen LogP contribution in [0.15, 0.2) is 35.1 Å². The van der Waals surface area contributed by atoms with E-state index in [1.54, 1.807) is 6.20 Å². The zero-order chi connectivity index (χ0) is 16.2. The molecule has 1 aliphatic carbocycles. The van der Waals surface area contributed by atoms with Crippen molar-refractivity contribution in [3.63, 3.8) is 0 Å². The predicted octanol–water partition coefficient (Wildman–Crippen LogP) is 2.26. The summed E-state index contributed by atoms with van der Waals surface area (Å²) in [6.07, 6.45) is 5.80. The van der Waals surface area contributed by atoms with E-state index in [9.17, 15) is 9.90 Å². The Kier molecular flexibility index (Phi) is 4.71. The zero-order valence-corrected chi connectivity index (χ0v) is 13.1. The van der Waals surface area contributed by atoms with Crippen molar-refractivity contribution in [1.29, 1.82) is 0 Å². The van der Waals surface area contributed by atoms with Crippen molar-refractivity contribution >= 4 is 5.91 Å². The first-order valence-electron chi connectivity index (χ1n) is 8.02. The van der Waals surface area contributed by atoms with Gasteiger partial charge in [-0.25, -0.2) is 0 Å². The molecular weight excluding hydrogens is 294 g/mol. The Morgan fingerprint density at radius 3 is 2.96 bits per heavy atom. The third-order valence-electron chi connectivity index (χ3n) is 4.28. The van der Waals surface area contributed by atoms with E-state index in [1.807, 2.05) is 25.1 Å². The minimum absolute atomic E-state index is 0.193. The normalized spacial score (nSPS) is 21.5. The minimum atomic E-state index is -0.283. The first-order chi connectivity index (χ1) is 11.2. The third-order valence-corrected chi connectivity index (χ3v) is 4.28. The van der Waals surface area contributed by atoms with Crippen molar-refractivity contribution in [2.45, 2.75) is 44.8 Å². The molecular formula is C17H21N3O3. The Bertz CT molecular complexity index is 650. The smallest absolute Gasteiger partial charge is 0.257 e. The average molecular weight is 315 g/mol. The molecule has 1 aliphatic rings. The van der Waals surface area contributed by atoms with Gasteiger partial charge in [-0.1, -0.05) is 18.1 Å². The summed E-state index contributed by atoms with van der Waals surface area (Å²) in [5.74, 6) is 0.600. The largest absolute Gasteiger partial charge is 0.393 e. The fourth-order valence-electron chi connectivity index (χ4n) is 2.97. The van der Waals surface area contributed by atoms with Gasteiger partial charge in [0.2, 0.25) is 0 Å². The summed E-state index contributed by atoms with van der Waals surface area (Å²) >= 11 is 0. The number of aliphatic hydroxyl groups excluding tert-OH is 1. The fourth-order valence-corrected chi connectivity index (χ4v) is 2.97. The number of carbonyl (C=O) groups is 1. The topological polar surface area (TPSA) is 88.3 Å². The van der Waals surface area contributed by atoms with E-state index in [-0.39, 0.29) is 24.0 Å². The standard InChI is InChI=1S/C17H21N3O3/c1-2-5-15-13(10-19-23-15)17(22)20-16(11-8-12(21)9-11)14-6-3-4-7-18-14/h3-4,6-7,10-12,16,21H,2,5,8-9H2,1H3,(H,20,22)/t11?,12?,16-/m1/s1. The highest BCUT2D eigenvalue weighted by Gasteiger charge is 2.36. The molecule has 6 heteroatoms. The second kappa shape index (κ2) is 6.91. The number of pyridine rings is 1. The quantitative estimate of drug-likeness (QED) is 0.853. The number of amides is 1. The maximum atomic E-state index is 12.6. The van der Waals surface area contributed by atoms with E-state index in [0.717, 1.165) is 12.1 Å². The summed E-state index contributed by atoms with van der Waals surface area (Å²) in [5, 5.41) is 16.4. The van der Waals surface area contributed by atoms with Crippen LogP contribution in [-0.4, -0.2) is 27.3 Å². The molecule has 0 spiro atoms. The maximum Gasteiger partial charge on any atom is 0.257 e. The van der Waals surface area contributed by atoms with Gasteiger partial charge in [0, 0.05) is 12.6 Å². The van der Waals surface area contributed by atoms with Gasteiger partial charge in [0.1, 0.15) is 11.3 Å².